The van der Waals surface area contributed by atoms with Crippen molar-refractivity contribution >= 4 is 34.5 Å². The van der Waals surface area contributed by atoms with E-state index in [4.69, 9.17) is 0 Å². The molecule has 1 N–H and O–H groups in total. The third-order valence-electron chi connectivity index (χ3n) is 4.48. The molecule has 0 radical (unpaired) electrons. The molecule has 142 valence electrons. The zero-order chi connectivity index (χ0) is 19.6. The fraction of sp³-hybridized carbons (Fsp3) is 0.500. The molecule has 0 spiro atoms. The van der Waals surface area contributed by atoms with Crippen molar-refractivity contribution in [1.29, 1.82) is 0 Å². The lowest BCUT2D eigenvalue weighted by molar-refractivity contribution is 0.0922. The Kier molecular flexibility index (Phi) is 6.06. The van der Waals surface area contributed by atoms with Crippen LogP contribution >= 0.6 is 11.8 Å². The average molecular weight is 377 g/mol. The Morgan fingerprint density at radius 3 is 2.38 bits per heavy atom. The lowest BCUT2D eigenvalue weighted by Gasteiger charge is -2.33. The van der Waals surface area contributed by atoms with Crippen LogP contribution in [0.25, 0.3) is 10.9 Å². The predicted octanol–water partition coefficient (Wildman–Crippen LogP) is 4.98. The first kappa shape index (κ1) is 20.4. The third-order valence-corrected chi connectivity index (χ3v) is 5.20. The van der Waals surface area contributed by atoms with E-state index in [1.54, 1.807) is 11.8 Å². The summed E-state index contributed by atoms with van der Waals surface area (Å²) in [5.74, 6) is -0.0409. The van der Waals surface area contributed by atoms with Gasteiger partial charge < -0.3 is 14.6 Å². The Labute approximate surface area is 159 Å². The van der Waals surface area contributed by atoms with Crippen molar-refractivity contribution in [2.75, 3.05) is 12.8 Å². The molecule has 2 aromatic rings. The highest BCUT2D eigenvalue weighted by Crippen LogP contribution is 2.27. The zero-order valence-electron chi connectivity index (χ0n) is 16.4. The minimum absolute atomic E-state index is 0.0736. The number of hydrogen-bond acceptors (Lipinski definition) is 3. The van der Waals surface area contributed by atoms with Gasteiger partial charge >= 0.3 is 6.09 Å². The summed E-state index contributed by atoms with van der Waals surface area (Å²) >= 11 is 1.65. The highest BCUT2D eigenvalue weighted by atomic mass is 32.2. The smallest absolute Gasteiger partial charge is 0.407 e. The third kappa shape index (κ3) is 4.23. The van der Waals surface area contributed by atoms with Crippen LogP contribution in [0.15, 0.2) is 29.2 Å². The summed E-state index contributed by atoms with van der Waals surface area (Å²) in [5, 5.41) is 10.6. The van der Waals surface area contributed by atoms with E-state index < -0.39 is 11.6 Å². The van der Waals surface area contributed by atoms with E-state index in [9.17, 15) is 14.7 Å². The van der Waals surface area contributed by atoms with E-state index in [1.807, 2.05) is 63.6 Å². The van der Waals surface area contributed by atoms with Crippen LogP contribution < -0.4 is 0 Å². The summed E-state index contributed by atoms with van der Waals surface area (Å²) in [6.07, 6.45) is 1.07. The largest absolute Gasteiger partial charge is 0.465 e. The van der Waals surface area contributed by atoms with Gasteiger partial charge in [-0.1, -0.05) is 19.9 Å². The van der Waals surface area contributed by atoms with Gasteiger partial charge in [-0.25, -0.2) is 4.79 Å². The van der Waals surface area contributed by atoms with Gasteiger partial charge in [0.1, 0.15) is 0 Å². The molecule has 0 unspecified atom stereocenters. The molecule has 0 saturated carbocycles. The minimum Gasteiger partial charge on any atom is -0.465 e. The first-order valence-corrected chi connectivity index (χ1v) is 10.0. The van der Waals surface area contributed by atoms with Gasteiger partial charge in [0.2, 0.25) is 0 Å². The van der Waals surface area contributed by atoms with Gasteiger partial charge in [0, 0.05) is 40.3 Å². The summed E-state index contributed by atoms with van der Waals surface area (Å²) < 4.78 is 1.97. The summed E-state index contributed by atoms with van der Waals surface area (Å²) in [7, 11) is 0. The van der Waals surface area contributed by atoms with Crippen LogP contribution in [0.2, 0.25) is 0 Å². The van der Waals surface area contributed by atoms with Gasteiger partial charge in [0.15, 0.2) is 5.78 Å². The van der Waals surface area contributed by atoms with Crippen molar-refractivity contribution in [3.8, 4) is 0 Å². The molecular weight excluding hydrogens is 348 g/mol. The van der Waals surface area contributed by atoms with E-state index in [0.717, 1.165) is 15.8 Å². The maximum atomic E-state index is 12.7. The highest BCUT2D eigenvalue weighted by molar-refractivity contribution is 7.98. The van der Waals surface area contributed by atoms with Gasteiger partial charge in [-0.3, -0.25) is 4.79 Å². The van der Waals surface area contributed by atoms with Gasteiger partial charge in [-0.15, -0.1) is 11.8 Å². The number of Topliss-reactive ketones (excluding diaryl/α,β-unsaturated/α-hetero) is 1. The maximum Gasteiger partial charge on any atom is 0.407 e. The Bertz CT molecular complexity index is 818. The number of thioether (sulfide) groups is 1. The number of fused-ring (bicyclic) bond motifs is 1. The van der Waals surface area contributed by atoms with Gasteiger partial charge in [0.05, 0.1) is 5.69 Å². The fourth-order valence-corrected chi connectivity index (χ4v) is 3.45. The van der Waals surface area contributed by atoms with Gasteiger partial charge in [0.25, 0.3) is 0 Å². The molecule has 2 rings (SSSR count). The lowest BCUT2D eigenvalue weighted by atomic mass is 10.1. The topological polar surface area (TPSA) is 62.5 Å². The number of carbonyl (C=O) groups excluding carboxylic acids is 1. The highest BCUT2D eigenvalue weighted by Gasteiger charge is 2.27. The molecule has 0 saturated heterocycles. The number of benzene rings is 1. The Balaban J connectivity index is 2.50. The molecule has 0 aliphatic rings. The molecule has 1 aromatic carbocycles. The molecule has 6 heteroatoms. The molecule has 1 amide bonds. The van der Waals surface area contributed by atoms with Crippen molar-refractivity contribution in [1.82, 2.24) is 9.47 Å². The number of rotatable bonds is 6. The van der Waals surface area contributed by atoms with E-state index in [2.05, 4.69) is 6.07 Å². The molecule has 0 aliphatic carbocycles. The van der Waals surface area contributed by atoms with Crippen molar-refractivity contribution in [3.05, 3.63) is 30.0 Å². The number of aromatic nitrogens is 1. The van der Waals surface area contributed by atoms with E-state index in [0.29, 0.717) is 18.8 Å². The maximum absolute atomic E-state index is 12.7. The summed E-state index contributed by atoms with van der Waals surface area (Å²) in [6, 6.07) is 8.05. The SMILES string of the molecule is CSc1ccc2cc(C(=O)C(C)C)n(CCN(C(=O)O)C(C)(C)C)c2c1. The number of amides is 1. The van der Waals surface area contributed by atoms with Crippen LogP contribution in [0, 0.1) is 5.92 Å². The first-order valence-electron chi connectivity index (χ1n) is 8.78. The number of nitrogens with zero attached hydrogens (tertiary/aromatic N) is 2. The van der Waals surface area contributed by atoms with Crippen molar-refractivity contribution in [2.45, 2.75) is 51.6 Å². The quantitative estimate of drug-likeness (QED) is 0.570. The summed E-state index contributed by atoms with van der Waals surface area (Å²) in [5.41, 5.74) is 1.12. The van der Waals surface area contributed by atoms with Crippen LogP contribution in [0.3, 0.4) is 0 Å². The molecule has 1 heterocycles. The zero-order valence-corrected chi connectivity index (χ0v) is 17.2. The molecule has 26 heavy (non-hydrogen) atoms. The second-order valence-corrected chi connectivity index (χ2v) is 8.61. The Morgan fingerprint density at radius 1 is 1.23 bits per heavy atom. The molecule has 0 fully saturated rings. The molecular formula is C20H28N2O3S. The number of carbonyl (C=O) groups is 2. The van der Waals surface area contributed by atoms with Crippen molar-refractivity contribution < 1.29 is 14.7 Å². The molecule has 0 aliphatic heterocycles. The predicted molar refractivity (Wildman–Crippen MR) is 107 cm³/mol. The first-order chi connectivity index (χ1) is 12.1. The molecule has 0 atom stereocenters. The number of ketones is 1. The van der Waals surface area contributed by atoms with Gasteiger partial charge in [-0.2, -0.15) is 0 Å². The van der Waals surface area contributed by atoms with Crippen LogP contribution in [0.4, 0.5) is 4.79 Å². The standard InChI is InChI=1S/C20H28N2O3S/c1-13(2)18(23)17-11-14-7-8-15(26-6)12-16(14)21(17)9-10-22(19(24)25)20(3,4)5/h7-8,11-13H,9-10H2,1-6H3,(H,24,25). The van der Waals surface area contributed by atoms with Crippen molar-refractivity contribution in [3.63, 3.8) is 0 Å². The number of carboxylic acid groups (broad SMARTS) is 1. The van der Waals surface area contributed by atoms with E-state index in [1.165, 1.54) is 4.90 Å². The molecule has 0 bridgehead atoms. The van der Waals surface area contributed by atoms with Crippen LogP contribution in [0.5, 0.6) is 0 Å². The summed E-state index contributed by atoms with van der Waals surface area (Å²) in [4.78, 5) is 26.9. The average Bonchev–Trinajstić information content (AvgIpc) is 2.90. The van der Waals surface area contributed by atoms with Crippen LogP contribution in [-0.2, 0) is 6.54 Å². The molecule has 1 aromatic heterocycles. The van der Waals surface area contributed by atoms with Crippen LogP contribution in [-0.4, -0.2) is 44.8 Å². The number of hydrogen-bond donors (Lipinski definition) is 1. The molecule has 5 nitrogen and oxygen atoms in total. The minimum atomic E-state index is -0.949. The Hall–Kier alpha value is -1.95. The van der Waals surface area contributed by atoms with Gasteiger partial charge in [-0.05, 0) is 45.2 Å². The van der Waals surface area contributed by atoms with Crippen LogP contribution in [0.1, 0.15) is 45.1 Å². The normalized spacial score (nSPS) is 12.0. The van der Waals surface area contributed by atoms with Crippen molar-refractivity contribution in [2.24, 2.45) is 5.92 Å². The van der Waals surface area contributed by atoms with E-state index >= 15 is 0 Å². The summed E-state index contributed by atoms with van der Waals surface area (Å²) in [6.45, 7) is 10.2. The Morgan fingerprint density at radius 2 is 1.88 bits per heavy atom. The second kappa shape index (κ2) is 7.74. The van der Waals surface area contributed by atoms with E-state index in [-0.39, 0.29) is 11.7 Å². The second-order valence-electron chi connectivity index (χ2n) is 7.73. The monoisotopic (exact) mass is 376 g/mol. The lowest BCUT2D eigenvalue weighted by Crippen LogP contribution is -2.46. The fourth-order valence-electron chi connectivity index (χ4n) is 3.02.